The third-order valence-corrected chi connectivity index (χ3v) is 5.20. The van der Waals surface area contributed by atoms with Gasteiger partial charge in [-0.2, -0.15) is 13.5 Å². The molecular weight excluding hydrogens is 408 g/mol. The Morgan fingerprint density at radius 2 is 1.70 bits per heavy atom. The van der Waals surface area contributed by atoms with E-state index in [4.69, 9.17) is 8.92 Å². The molecule has 0 bridgehead atoms. The van der Waals surface area contributed by atoms with Gasteiger partial charge in [-0.05, 0) is 48.0 Å². The van der Waals surface area contributed by atoms with Gasteiger partial charge in [0.1, 0.15) is 10.6 Å². The summed E-state index contributed by atoms with van der Waals surface area (Å²) in [5.41, 5.74) is 2.91. The zero-order valence-electron chi connectivity index (χ0n) is 15.8. The number of hydrazone groups is 1. The highest BCUT2D eigenvalue weighted by molar-refractivity contribution is 7.87. The number of phenolic OH excluding ortho intramolecular Hbond substituents is 1. The topological polar surface area (TPSA) is 114 Å². The smallest absolute Gasteiger partial charge is 0.339 e. The summed E-state index contributed by atoms with van der Waals surface area (Å²) in [6, 6.07) is 18.3. The minimum absolute atomic E-state index is 0.0109. The lowest BCUT2D eigenvalue weighted by Gasteiger charge is -2.11. The predicted octanol–water partition coefficient (Wildman–Crippen LogP) is 2.93. The van der Waals surface area contributed by atoms with E-state index in [2.05, 4.69) is 10.5 Å². The van der Waals surface area contributed by atoms with Gasteiger partial charge in [0.2, 0.25) is 0 Å². The molecule has 3 rings (SSSR count). The maximum atomic E-state index is 12.4. The number of carbonyl (C=O) groups excluding carboxylic acids is 1. The highest BCUT2D eigenvalue weighted by Gasteiger charge is 2.18. The summed E-state index contributed by atoms with van der Waals surface area (Å²) in [5.74, 6) is -0.555. The van der Waals surface area contributed by atoms with Gasteiger partial charge in [0.15, 0.2) is 11.5 Å². The van der Waals surface area contributed by atoms with Crippen LogP contribution in [0.2, 0.25) is 0 Å². The number of carbonyl (C=O) groups is 1. The van der Waals surface area contributed by atoms with Crippen LogP contribution in [0.25, 0.3) is 0 Å². The number of para-hydroxylation sites is 1. The molecule has 2 N–H and O–H groups in total. The largest absolute Gasteiger partial charge is 0.507 e. The van der Waals surface area contributed by atoms with Crippen molar-refractivity contribution in [2.24, 2.45) is 5.10 Å². The monoisotopic (exact) mass is 426 g/mol. The molecule has 0 fully saturated rings. The molecule has 8 nitrogen and oxygen atoms in total. The van der Waals surface area contributed by atoms with Crippen molar-refractivity contribution in [1.29, 1.82) is 0 Å². The lowest BCUT2D eigenvalue weighted by atomic mass is 10.2. The molecule has 0 saturated heterocycles. The van der Waals surface area contributed by atoms with Gasteiger partial charge in [0, 0.05) is 0 Å². The number of benzene rings is 3. The molecule has 0 aliphatic heterocycles. The second kappa shape index (κ2) is 9.10. The molecule has 0 radical (unpaired) electrons. The van der Waals surface area contributed by atoms with E-state index in [1.165, 1.54) is 49.7 Å². The van der Waals surface area contributed by atoms with Crippen LogP contribution < -0.4 is 14.3 Å². The first kappa shape index (κ1) is 20.9. The van der Waals surface area contributed by atoms with E-state index in [0.29, 0.717) is 5.56 Å². The summed E-state index contributed by atoms with van der Waals surface area (Å²) >= 11 is 0. The van der Waals surface area contributed by atoms with Crippen LogP contribution in [0.1, 0.15) is 15.9 Å². The average molecular weight is 426 g/mol. The molecule has 0 spiro atoms. The first-order valence-electron chi connectivity index (χ1n) is 8.69. The van der Waals surface area contributed by atoms with Gasteiger partial charge in [-0.1, -0.05) is 30.3 Å². The highest BCUT2D eigenvalue weighted by Crippen LogP contribution is 2.30. The molecule has 30 heavy (non-hydrogen) atoms. The Balaban J connectivity index is 1.73. The van der Waals surface area contributed by atoms with Crippen LogP contribution >= 0.6 is 0 Å². The number of aromatic hydroxyl groups is 1. The lowest BCUT2D eigenvalue weighted by molar-refractivity contribution is 0.0952. The van der Waals surface area contributed by atoms with Gasteiger partial charge in [0.25, 0.3) is 5.91 Å². The zero-order chi connectivity index (χ0) is 21.6. The van der Waals surface area contributed by atoms with E-state index in [-0.39, 0.29) is 27.7 Å². The lowest BCUT2D eigenvalue weighted by Crippen LogP contribution is -2.17. The first-order valence-corrected chi connectivity index (χ1v) is 10.1. The maximum absolute atomic E-state index is 12.4. The number of methoxy groups -OCH3 is 1. The average Bonchev–Trinajstić information content (AvgIpc) is 2.75. The van der Waals surface area contributed by atoms with Gasteiger partial charge in [-0.15, -0.1) is 0 Å². The van der Waals surface area contributed by atoms with E-state index in [1.807, 2.05) is 0 Å². The van der Waals surface area contributed by atoms with E-state index in [9.17, 15) is 18.3 Å². The zero-order valence-corrected chi connectivity index (χ0v) is 16.7. The third kappa shape index (κ3) is 4.95. The summed E-state index contributed by atoms with van der Waals surface area (Å²) in [7, 11) is -2.64. The molecule has 0 heterocycles. The standard InChI is InChI=1S/C21H18N2O6S/c1-28-20-13-15(14-22-23-21(25)17-9-5-6-10-18(17)24)11-12-19(20)29-30(26,27)16-7-3-2-4-8-16/h2-14,24H,1H3,(H,23,25)/b22-14-. The Kier molecular flexibility index (Phi) is 6.33. The Bertz CT molecular complexity index is 1180. The van der Waals surface area contributed by atoms with Crippen molar-refractivity contribution in [2.45, 2.75) is 4.90 Å². The fourth-order valence-electron chi connectivity index (χ4n) is 2.48. The van der Waals surface area contributed by atoms with Crippen LogP contribution in [-0.2, 0) is 10.1 Å². The van der Waals surface area contributed by atoms with Crippen LogP contribution in [0.5, 0.6) is 17.2 Å². The molecule has 9 heteroatoms. The Hall–Kier alpha value is -3.85. The van der Waals surface area contributed by atoms with Gasteiger partial charge < -0.3 is 14.0 Å². The molecular formula is C21H18N2O6S. The van der Waals surface area contributed by atoms with Crippen molar-refractivity contribution in [3.8, 4) is 17.2 Å². The van der Waals surface area contributed by atoms with Gasteiger partial charge in [0.05, 0.1) is 18.9 Å². The number of amides is 1. The Morgan fingerprint density at radius 3 is 2.40 bits per heavy atom. The minimum Gasteiger partial charge on any atom is -0.507 e. The molecule has 0 saturated carbocycles. The molecule has 154 valence electrons. The quantitative estimate of drug-likeness (QED) is 0.341. The second-order valence-corrected chi connectivity index (χ2v) is 7.52. The minimum atomic E-state index is -4.02. The molecule has 0 aromatic heterocycles. The van der Waals surface area contributed by atoms with Crippen LogP contribution in [-0.4, -0.2) is 32.8 Å². The van der Waals surface area contributed by atoms with Gasteiger partial charge >= 0.3 is 10.1 Å². The number of phenols is 1. The van der Waals surface area contributed by atoms with Gasteiger partial charge in [-0.25, -0.2) is 5.43 Å². The molecule has 0 aliphatic rings. The molecule has 3 aromatic carbocycles. The number of hydrogen-bond donors (Lipinski definition) is 2. The summed E-state index contributed by atoms with van der Waals surface area (Å²) in [6.45, 7) is 0. The summed E-state index contributed by atoms with van der Waals surface area (Å²) in [4.78, 5) is 12.0. The van der Waals surface area contributed by atoms with Crippen molar-refractivity contribution in [3.63, 3.8) is 0 Å². The normalized spacial score (nSPS) is 11.2. The van der Waals surface area contributed by atoms with Crippen molar-refractivity contribution in [2.75, 3.05) is 7.11 Å². The van der Waals surface area contributed by atoms with Crippen molar-refractivity contribution >= 4 is 22.2 Å². The van der Waals surface area contributed by atoms with Crippen LogP contribution in [0.4, 0.5) is 0 Å². The number of ether oxygens (including phenoxy) is 1. The van der Waals surface area contributed by atoms with E-state index in [1.54, 1.807) is 36.4 Å². The fraction of sp³-hybridized carbons (Fsp3) is 0.0476. The third-order valence-electron chi connectivity index (χ3n) is 3.95. The maximum Gasteiger partial charge on any atom is 0.339 e. The summed E-state index contributed by atoms with van der Waals surface area (Å²) < 4.78 is 35.2. The van der Waals surface area contributed by atoms with Gasteiger partial charge in [-0.3, -0.25) is 4.79 Å². The van der Waals surface area contributed by atoms with Crippen molar-refractivity contribution in [3.05, 3.63) is 83.9 Å². The molecule has 0 aliphatic carbocycles. The first-order chi connectivity index (χ1) is 14.4. The Labute approximate surface area is 173 Å². The summed E-state index contributed by atoms with van der Waals surface area (Å²) in [6.07, 6.45) is 1.34. The van der Waals surface area contributed by atoms with Crippen LogP contribution in [0.15, 0.2) is 82.8 Å². The van der Waals surface area contributed by atoms with Crippen molar-refractivity contribution < 1.29 is 27.2 Å². The highest BCUT2D eigenvalue weighted by atomic mass is 32.2. The van der Waals surface area contributed by atoms with Crippen LogP contribution in [0, 0.1) is 0 Å². The van der Waals surface area contributed by atoms with Crippen molar-refractivity contribution in [1.82, 2.24) is 5.43 Å². The van der Waals surface area contributed by atoms with E-state index >= 15 is 0 Å². The number of hydrogen-bond acceptors (Lipinski definition) is 7. The number of nitrogens with zero attached hydrogens (tertiary/aromatic N) is 1. The fourth-order valence-corrected chi connectivity index (χ4v) is 3.44. The molecule has 0 unspecified atom stereocenters. The Morgan fingerprint density at radius 1 is 1.00 bits per heavy atom. The molecule has 0 atom stereocenters. The second-order valence-electron chi connectivity index (χ2n) is 5.98. The molecule has 1 amide bonds. The van der Waals surface area contributed by atoms with E-state index in [0.717, 1.165) is 0 Å². The predicted molar refractivity (Wildman–Crippen MR) is 110 cm³/mol. The number of rotatable bonds is 7. The van der Waals surface area contributed by atoms with Crippen LogP contribution in [0.3, 0.4) is 0 Å². The SMILES string of the molecule is COc1cc(/C=N\NC(=O)c2ccccc2O)ccc1OS(=O)(=O)c1ccccc1. The number of nitrogens with one attached hydrogen (secondary N) is 1. The molecule has 3 aromatic rings. The summed E-state index contributed by atoms with van der Waals surface area (Å²) in [5, 5.41) is 13.5. The van der Waals surface area contributed by atoms with E-state index < -0.39 is 16.0 Å².